The van der Waals surface area contributed by atoms with E-state index in [1.165, 1.54) is 22.3 Å². The summed E-state index contributed by atoms with van der Waals surface area (Å²) >= 11 is 0. The average Bonchev–Trinajstić information content (AvgIpc) is 3.31. The smallest absolute Gasteiger partial charge is 0.320 e. The van der Waals surface area contributed by atoms with Crippen LogP contribution in [0.4, 0.5) is 5.82 Å². The molecule has 0 radical (unpaired) electrons. The number of rotatable bonds is 13. The molecule has 0 spiro atoms. The standard InChI is InChI=1S/C31H48N6O2/c1-8-9-14-39-31-34-29(32-10-11-36-12-15-38-16-13-36)28-30(35-31)37(20-33-28)19-27-25(22(4)5)17-24(21(2)3)18-26(27)23(6)7/h17-18,20-23H,8-16,19H2,1-7H3,(H,32,34,35). The number of nitrogens with one attached hydrogen (secondary N) is 1. The Bertz CT molecular complexity index is 1180. The van der Waals surface area contributed by atoms with Gasteiger partial charge in [0.1, 0.15) is 0 Å². The van der Waals surface area contributed by atoms with E-state index in [0.29, 0.717) is 36.9 Å². The van der Waals surface area contributed by atoms with Crippen LogP contribution in [-0.2, 0) is 11.3 Å². The molecular weight excluding hydrogens is 488 g/mol. The zero-order chi connectivity index (χ0) is 27.9. The minimum absolute atomic E-state index is 0.412. The van der Waals surface area contributed by atoms with E-state index in [1.807, 2.05) is 6.33 Å². The van der Waals surface area contributed by atoms with E-state index < -0.39 is 0 Å². The molecule has 8 nitrogen and oxygen atoms in total. The summed E-state index contributed by atoms with van der Waals surface area (Å²) in [5.41, 5.74) is 7.19. The SMILES string of the molecule is CCCCOc1nc(NCCN2CCOCC2)c2ncn(Cc3c(C(C)C)cc(C(C)C)cc3C(C)C)c2n1. The number of aromatic nitrogens is 4. The number of benzene rings is 1. The van der Waals surface area contributed by atoms with E-state index in [9.17, 15) is 0 Å². The summed E-state index contributed by atoms with van der Waals surface area (Å²) in [6.45, 7) is 22.4. The second-order valence-corrected chi connectivity index (χ2v) is 11.6. The molecule has 214 valence electrons. The van der Waals surface area contributed by atoms with Gasteiger partial charge in [0, 0.05) is 26.2 Å². The van der Waals surface area contributed by atoms with Crippen LogP contribution in [0.1, 0.15) is 101 Å². The highest BCUT2D eigenvalue weighted by Gasteiger charge is 2.20. The number of morpholine rings is 1. The third-order valence-electron chi connectivity index (χ3n) is 7.58. The fourth-order valence-electron chi connectivity index (χ4n) is 5.15. The van der Waals surface area contributed by atoms with Crippen molar-refractivity contribution < 1.29 is 9.47 Å². The minimum atomic E-state index is 0.412. The lowest BCUT2D eigenvalue weighted by Crippen LogP contribution is -2.39. The second-order valence-electron chi connectivity index (χ2n) is 11.6. The molecule has 1 aliphatic heterocycles. The van der Waals surface area contributed by atoms with Gasteiger partial charge in [0.05, 0.1) is 32.7 Å². The average molecular weight is 537 g/mol. The van der Waals surface area contributed by atoms with Crippen molar-refractivity contribution >= 4 is 17.0 Å². The highest BCUT2D eigenvalue weighted by molar-refractivity contribution is 5.83. The van der Waals surface area contributed by atoms with Crippen LogP contribution < -0.4 is 10.1 Å². The number of imidazole rings is 1. The van der Waals surface area contributed by atoms with Crippen molar-refractivity contribution in [3.63, 3.8) is 0 Å². The van der Waals surface area contributed by atoms with Gasteiger partial charge in [-0.1, -0.05) is 67.0 Å². The van der Waals surface area contributed by atoms with Crippen LogP contribution in [0.5, 0.6) is 6.01 Å². The van der Waals surface area contributed by atoms with E-state index in [0.717, 1.165) is 69.2 Å². The highest BCUT2D eigenvalue weighted by Crippen LogP contribution is 2.33. The largest absolute Gasteiger partial charge is 0.463 e. The fourth-order valence-corrected chi connectivity index (χ4v) is 5.15. The Kier molecular flexibility index (Phi) is 10.2. The summed E-state index contributed by atoms with van der Waals surface area (Å²) < 4.78 is 13.7. The Morgan fingerprint density at radius 3 is 2.28 bits per heavy atom. The topological polar surface area (TPSA) is 77.3 Å². The molecule has 3 aromatic rings. The quantitative estimate of drug-likeness (QED) is 0.262. The first-order valence-corrected chi connectivity index (χ1v) is 14.8. The molecule has 0 unspecified atom stereocenters. The number of ether oxygens (including phenoxy) is 2. The zero-order valence-electron chi connectivity index (χ0n) is 25.1. The molecule has 0 aliphatic carbocycles. The molecule has 0 atom stereocenters. The van der Waals surface area contributed by atoms with E-state index in [-0.39, 0.29) is 0 Å². The van der Waals surface area contributed by atoms with Crippen LogP contribution in [0.25, 0.3) is 11.2 Å². The van der Waals surface area contributed by atoms with E-state index in [4.69, 9.17) is 24.4 Å². The molecule has 39 heavy (non-hydrogen) atoms. The molecule has 1 aromatic carbocycles. The lowest BCUT2D eigenvalue weighted by atomic mass is 9.84. The van der Waals surface area contributed by atoms with Crippen LogP contribution >= 0.6 is 0 Å². The molecular formula is C31H48N6O2. The van der Waals surface area contributed by atoms with Crippen molar-refractivity contribution in [2.75, 3.05) is 51.3 Å². The Morgan fingerprint density at radius 2 is 1.67 bits per heavy atom. The molecule has 3 heterocycles. The van der Waals surface area contributed by atoms with Crippen LogP contribution in [0.2, 0.25) is 0 Å². The van der Waals surface area contributed by atoms with Crippen molar-refractivity contribution in [1.29, 1.82) is 0 Å². The van der Waals surface area contributed by atoms with Crippen LogP contribution in [0.15, 0.2) is 18.5 Å². The Hall–Kier alpha value is -2.71. The normalized spacial score (nSPS) is 14.7. The Morgan fingerprint density at radius 1 is 0.974 bits per heavy atom. The second kappa shape index (κ2) is 13.6. The highest BCUT2D eigenvalue weighted by atomic mass is 16.5. The summed E-state index contributed by atoms with van der Waals surface area (Å²) in [5.74, 6) is 2.07. The van der Waals surface area contributed by atoms with Crippen LogP contribution in [-0.4, -0.2) is 70.4 Å². The van der Waals surface area contributed by atoms with Gasteiger partial charge in [0.15, 0.2) is 17.0 Å². The Labute approximate surface area is 234 Å². The molecule has 0 amide bonds. The van der Waals surface area contributed by atoms with Gasteiger partial charge in [-0.15, -0.1) is 0 Å². The molecule has 1 N–H and O–H groups in total. The van der Waals surface area contributed by atoms with Crippen LogP contribution in [0.3, 0.4) is 0 Å². The predicted octanol–water partition coefficient (Wildman–Crippen LogP) is 6.17. The minimum Gasteiger partial charge on any atom is -0.463 e. The monoisotopic (exact) mass is 536 g/mol. The maximum atomic E-state index is 6.00. The molecule has 0 bridgehead atoms. The molecule has 4 rings (SSSR count). The maximum absolute atomic E-state index is 6.00. The number of anilines is 1. The summed E-state index contributed by atoms with van der Waals surface area (Å²) in [5, 5.41) is 3.53. The van der Waals surface area contributed by atoms with Gasteiger partial charge in [-0.3, -0.25) is 4.90 Å². The number of unbranched alkanes of at least 4 members (excludes halogenated alkanes) is 1. The van der Waals surface area contributed by atoms with Crippen molar-refractivity contribution in [2.45, 2.75) is 85.6 Å². The molecule has 8 heteroatoms. The summed E-state index contributed by atoms with van der Waals surface area (Å²) in [7, 11) is 0. The fraction of sp³-hybridized carbons (Fsp3) is 0.645. The summed E-state index contributed by atoms with van der Waals surface area (Å²) in [4.78, 5) is 16.8. The van der Waals surface area contributed by atoms with Gasteiger partial charge >= 0.3 is 6.01 Å². The van der Waals surface area contributed by atoms with Gasteiger partial charge in [-0.25, -0.2) is 4.98 Å². The van der Waals surface area contributed by atoms with E-state index in [1.54, 1.807) is 0 Å². The van der Waals surface area contributed by atoms with Crippen molar-refractivity contribution in [1.82, 2.24) is 24.4 Å². The summed E-state index contributed by atoms with van der Waals surface area (Å²) in [6.07, 6.45) is 3.94. The Balaban J connectivity index is 1.69. The molecule has 1 aliphatic rings. The van der Waals surface area contributed by atoms with Gasteiger partial charge < -0.3 is 19.4 Å². The first kappa shape index (κ1) is 29.3. The maximum Gasteiger partial charge on any atom is 0.320 e. The third-order valence-corrected chi connectivity index (χ3v) is 7.58. The number of nitrogens with zero attached hydrogens (tertiary/aromatic N) is 5. The predicted molar refractivity (Wildman–Crippen MR) is 159 cm³/mol. The van der Waals surface area contributed by atoms with Gasteiger partial charge in [0.25, 0.3) is 0 Å². The lowest BCUT2D eigenvalue weighted by Gasteiger charge is -2.26. The van der Waals surface area contributed by atoms with E-state index in [2.05, 4.69) is 75.4 Å². The summed E-state index contributed by atoms with van der Waals surface area (Å²) in [6, 6.07) is 5.22. The van der Waals surface area contributed by atoms with Crippen molar-refractivity contribution in [3.8, 4) is 6.01 Å². The van der Waals surface area contributed by atoms with Crippen molar-refractivity contribution in [3.05, 3.63) is 40.7 Å². The third kappa shape index (κ3) is 7.28. The van der Waals surface area contributed by atoms with Gasteiger partial charge in [0.2, 0.25) is 0 Å². The molecule has 1 saturated heterocycles. The first-order valence-electron chi connectivity index (χ1n) is 14.8. The molecule has 2 aromatic heterocycles. The van der Waals surface area contributed by atoms with Gasteiger partial charge in [-0.2, -0.15) is 9.97 Å². The van der Waals surface area contributed by atoms with Crippen molar-refractivity contribution in [2.24, 2.45) is 0 Å². The number of hydrogen-bond donors (Lipinski definition) is 1. The molecule has 0 saturated carbocycles. The molecule has 1 fully saturated rings. The van der Waals surface area contributed by atoms with E-state index >= 15 is 0 Å². The number of hydrogen-bond acceptors (Lipinski definition) is 7. The lowest BCUT2D eigenvalue weighted by molar-refractivity contribution is 0.0398. The first-order chi connectivity index (χ1) is 18.8. The zero-order valence-corrected chi connectivity index (χ0v) is 25.1. The van der Waals surface area contributed by atoms with Gasteiger partial charge in [-0.05, 0) is 46.4 Å². The van der Waals surface area contributed by atoms with Crippen LogP contribution in [0, 0.1) is 0 Å². The number of fused-ring (bicyclic) bond motifs is 1.